The molecule has 1 aromatic carbocycles. The molecule has 0 radical (unpaired) electrons. The highest BCUT2D eigenvalue weighted by molar-refractivity contribution is 5.94. The van der Waals surface area contributed by atoms with Crippen LogP contribution in [0.3, 0.4) is 0 Å². The molecule has 104 valence electrons. The summed E-state index contributed by atoms with van der Waals surface area (Å²) >= 11 is 0. The summed E-state index contributed by atoms with van der Waals surface area (Å²) in [6.45, 7) is 2.92. The van der Waals surface area contributed by atoms with Crippen LogP contribution in [0.4, 0.5) is 18.9 Å². The Kier molecular flexibility index (Phi) is 4.09. The Morgan fingerprint density at radius 1 is 1.16 bits per heavy atom. The number of carbonyl (C=O) groups excluding carboxylic acids is 1. The summed E-state index contributed by atoms with van der Waals surface area (Å²) in [6.07, 6.45) is -2.46. The standard InChI is InChI=1S/C13H15F3N2O/c14-13(15,16)12(19)17-11-5-3-10(4-6-11)9-18-7-1-2-8-18/h3-6H,1-2,7-9H2,(H,17,19). The van der Waals surface area contributed by atoms with Gasteiger partial charge in [-0.1, -0.05) is 12.1 Å². The zero-order chi connectivity index (χ0) is 13.9. The average Bonchev–Trinajstić information content (AvgIpc) is 2.83. The van der Waals surface area contributed by atoms with Crippen LogP contribution in [0.5, 0.6) is 0 Å². The Bertz CT molecular complexity index is 436. The number of likely N-dealkylation sites (tertiary alicyclic amines) is 1. The van der Waals surface area contributed by atoms with E-state index in [9.17, 15) is 18.0 Å². The summed E-state index contributed by atoms with van der Waals surface area (Å²) in [6, 6.07) is 6.47. The third kappa shape index (κ3) is 3.96. The number of benzene rings is 1. The number of alkyl halides is 3. The molecule has 0 spiro atoms. The fraction of sp³-hybridized carbons (Fsp3) is 0.462. The molecular formula is C13H15F3N2O. The lowest BCUT2D eigenvalue weighted by Gasteiger charge is -2.15. The fourth-order valence-electron chi connectivity index (χ4n) is 2.09. The van der Waals surface area contributed by atoms with Crippen molar-refractivity contribution in [3.05, 3.63) is 29.8 Å². The number of anilines is 1. The minimum absolute atomic E-state index is 0.160. The zero-order valence-electron chi connectivity index (χ0n) is 10.3. The van der Waals surface area contributed by atoms with Gasteiger partial charge in [0.2, 0.25) is 0 Å². The van der Waals surface area contributed by atoms with Crippen LogP contribution in [0.2, 0.25) is 0 Å². The van der Waals surface area contributed by atoms with E-state index in [1.54, 1.807) is 12.1 Å². The Morgan fingerprint density at radius 2 is 1.74 bits per heavy atom. The van der Waals surface area contributed by atoms with Crippen molar-refractivity contribution in [3.63, 3.8) is 0 Å². The molecule has 0 atom stereocenters. The maximum Gasteiger partial charge on any atom is 0.471 e. The molecule has 0 saturated carbocycles. The summed E-state index contributed by atoms with van der Waals surface area (Å²) in [7, 11) is 0. The topological polar surface area (TPSA) is 32.3 Å². The van der Waals surface area contributed by atoms with Gasteiger partial charge in [-0.3, -0.25) is 9.69 Å². The van der Waals surface area contributed by atoms with Gasteiger partial charge in [-0.2, -0.15) is 13.2 Å². The van der Waals surface area contributed by atoms with Crippen LogP contribution in [-0.2, 0) is 11.3 Å². The highest BCUT2D eigenvalue weighted by Gasteiger charge is 2.38. The molecule has 1 N–H and O–H groups in total. The molecule has 0 aromatic heterocycles. The van der Waals surface area contributed by atoms with Gasteiger partial charge >= 0.3 is 12.1 Å². The van der Waals surface area contributed by atoms with Crippen molar-refractivity contribution >= 4 is 11.6 Å². The minimum Gasteiger partial charge on any atom is -0.318 e. The molecule has 0 aliphatic carbocycles. The molecule has 1 aromatic rings. The molecule has 0 unspecified atom stereocenters. The van der Waals surface area contributed by atoms with Gasteiger partial charge in [0.15, 0.2) is 0 Å². The number of nitrogens with zero attached hydrogens (tertiary/aromatic N) is 1. The van der Waals surface area contributed by atoms with Crippen molar-refractivity contribution in [1.82, 2.24) is 4.90 Å². The normalized spacial score (nSPS) is 16.6. The Balaban J connectivity index is 1.92. The highest BCUT2D eigenvalue weighted by atomic mass is 19.4. The number of carbonyl (C=O) groups is 1. The lowest BCUT2D eigenvalue weighted by Crippen LogP contribution is -2.29. The van der Waals surface area contributed by atoms with E-state index in [1.165, 1.54) is 25.0 Å². The molecule has 1 aliphatic heterocycles. The Morgan fingerprint density at radius 3 is 2.26 bits per heavy atom. The van der Waals surface area contributed by atoms with Crippen molar-refractivity contribution in [2.24, 2.45) is 0 Å². The Labute approximate surface area is 109 Å². The van der Waals surface area contributed by atoms with Gasteiger partial charge in [0, 0.05) is 12.2 Å². The maximum atomic E-state index is 12.1. The van der Waals surface area contributed by atoms with E-state index >= 15 is 0 Å². The van der Waals surface area contributed by atoms with Crippen LogP contribution in [0, 0.1) is 0 Å². The average molecular weight is 272 g/mol. The van der Waals surface area contributed by atoms with Gasteiger partial charge in [-0.25, -0.2) is 0 Å². The monoisotopic (exact) mass is 272 g/mol. The molecule has 0 bridgehead atoms. The molecule has 2 rings (SSSR count). The number of hydrogen-bond acceptors (Lipinski definition) is 2. The molecule has 1 heterocycles. The summed E-state index contributed by atoms with van der Waals surface area (Å²) in [5, 5.41) is 1.83. The van der Waals surface area contributed by atoms with Crippen LogP contribution in [0.15, 0.2) is 24.3 Å². The second-order valence-corrected chi connectivity index (χ2v) is 4.63. The first-order valence-electron chi connectivity index (χ1n) is 6.14. The maximum absolute atomic E-state index is 12.1. The SMILES string of the molecule is O=C(Nc1ccc(CN2CCCC2)cc1)C(F)(F)F. The van der Waals surface area contributed by atoms with E-state index in [0.717, 1.165) is 25.2 Å². The van der Waals surface area contributed by atoms with E-state index in [2.05, 4.69) is 4.90 Å². The van der Waals surface area contributed by atoms with E-state index in [-0.39, 0.29) is 5.69 Å². The molecule has 1 amide bonds. The highest BCUT2D eigenvalue weighted by Crippen LogP contribution is 2.19. The van der Waals surface area contributed by atoms with Gasteiger partial charge in [0.1, 0.15) is 0 Å². The van der Waals surface area contributed by atoms with Gasteiger partial charge in [0.25, 0.3) is 0 Å². The Hall–Kier alpha value is -1.56. The summed E-state index contributed by atoms with van der Waals surface area (Å²) < 4.78 is 36.2. The van der Waals surface area contributed by atoms with Crippen LogP contribution in [0.1, 0.15) is 18.4 Å². The quantitative estimate of drug-likeness (QED) is 0.917. The third-order valence-corrected chi connectivity index (χ3v) is 3.07. The van der Waals surface area contributed by atoms with Crippen molar-refractivity contribution in [2.75, 3.05) is 18.4 Å². The van der Waals surface area contributed by atoms with Gasteiger partial charge < -0.3 is 5.32 Å². The fourth-order valence-corrected chi connectivity index (χ4v) is 2.09. The van der Waals surface area contributed by atoms with Gasteiger partial charge in [0.05, 0.1) is 0 Å². The second kappa shape index (κ2) is 5.61. The first-order chi connectivity index (χ1) is 8.95. The lowest BCUT2D eigenvalue weighted by atomic mass is 10.2. The predicted molar refractivity (Wildman–Crippen MR) is 65.6 cm³/mol. The van der Waals surface area contributed by atoms with E-state index in [0.29, 0.717) is 0 Å². The van der Waals surface area contributed by atoms with E-state index < -0.39 is 12.1 Å². The smallest absolute Gasteiger partial charge is 0.318 e. The predicted octanol–water partition coefficient (Wildman–Crippen LogP) is 2.78. The first-order valence-corrected chi connectivity index (χ1v) is 6.14. The molecular weight excluding hydrogens is 257 g/mol. The van der Waals surface area contributed by atoms with Gasteiger partial charge in [-0.05, 0) is 43.6 Å². The van der Waals surface area contributed by atoms with E-state index in [1.807, 2.05) is 5.32 Å². The molecule has 1 saturated heterocycles. The number of nitrogens with one attached hydrogen (secondary N) is 1. The summed E-state index contributed by atoms with van der Waals surface area (Å²) in [4.78, 5) is 13.0. The number of halogens is 3. The lowest BCUT2D eigenvalue weighted by molar-refractivity contribution is -0.167. The molecule has 1 fully saturated rings. The van der Waals surface area contributed by atoms with Crippen molar-refractivity contribution in [1.29, 1.82) is 0 Å². The van der Waals surface area contributed by atoms with Crippen LogP contribution in [-0.4, -0.2) is 30.1 Å². The number of hydrogen-bond donors (Lipinski definition) is 1. The second-order valence-electron chi connectivity index (χ2n) is 4.63. The van der Waals surface area contributed by atoms with Crippen molar-refractivity contribution < 1.29 is 18.0 Å². The van der Waals surface area contributed by atoms with Crippen LogP contribution < -0.4 is 5.32 Å². The van der Waals surface area contributed by atoms with Crippen LogP contribution >= 0.6 is 0 Å². The molecule has 3 nitrogen and oxygen atoms in total. The molecule has 6 heteroatoms. The number of amides is 1. The minimum atomic E-state index is -4.85. The largest absolute Gasteiger partial charge is 0.471 e. The molecule has 1 aliphatic rings. The zero-order valence-corrected chi connectivity index (χ0v) is 10.3. The third-order valence-electron chi connectivity index (χ3n) is 3.07. The van der Waals surface area contributed by atoms with Crippen molar-refractivity contribution in [2.45, 2.75) is 25.6 Å². The van der Waals surface area contributed by atoms with E-state index in [4.69, 9.17) is 0 Å². The number of rotatable bonds is 3. The summed E-state index contributed by atoms with van der Waals surface area (Å²) in [5.74, 6) is -1.94. The van der Waals surface area contributed by atoms with Crippen molar-refractivity contribution in [3.8, 4) is 0 Å². The first kappa shape index (κ1) is 13.9. The molecule has 19 heavy (non-hydrogen) atoms. The summed E-state index contributed by atoms with van der Waals surface area (Å²) in [5.41, 5.74) is 1.19. The van der Waals surface area contributed by atoms with Gasteiger partial charge in [-0.15, -0.1) is 0 Å². The van der Waals surface area contributed by atoms with Crippen LogP contribution in [0.25, 0.3) is 0 Å².